The molecule has 1 N–H and O–H groups in total. The average molecular weight is 305 g/mol. The molecule has 0 unspecified atom stereocenters. The van der Waals surface area contributed by atoms with Crippen LogP contribution in [-0.4, -0.2) is 24.4 Å². The van der Waals surface area contributed by atoms with Gasteiger partial charge in [0, 0.05) is 6.07 Å². The van der Waals surface area contributed by atoms with Crippen molar-refractivity contribution in [2.45, 2.75) is 12.5 Å². The molecule has 0 spiro atoms. The van der Waals surface area contributed by atoms with E-state index < -0.39 is 41.1 Å². The van der Waals surface area contributed by atoms with Crippen molar-refractivity contribution in [1.29, 1.82) is 0 Å². The molecule has 0 saturated heterocycles. The Morgan fingerprint density at radius 2 is 1.75 bits per heavy atom. The molecule has 11 heteroatoms. The third-order valence-electron chi connectivity index (χ3n) is 1.91. The first-order valence-electron chi connectivity index (χ1n) is 4.64. The number of methoxy groups -OCH3 is 1. The highest BCUT2D eigenvalue weighted by Gasteiger charge is 2.40. The first-order valence-corrected chi connectivity index (χ1v) is 4.64. The Kier molecular flexibility index (Phi) is 4.01. The number of hydrogen-bond donors (Lipinski definition) is 1. The molecule has 112 valence electrons. The van der Waals surface area contributed by atoms with Gasteiger partial charge in [0.1, 0.15) is 11.3 Å². The fourth-order valence-electron chi connectivity index (χ4n) is 1.23. The summed E-state index contributed by atoms with van der Waals surface area (Å²) >= 11 is 0. The van der Waals surface area contributed by atoms with Gasteiger partial charge in [-0.15, -0.1) is 13.2 Å². The topological polar surface area (TPSA) is 68.4 Å². The number of aromatic amines is 1. The van der Waals surface area contributed by atoms with Crippen LogP contribution in [0.3, 0.4) is 0 Å². The zero-order valence-electron chi connectivity index (χ0n) is 9.48. The van der Waals surface area contributed by atoms with Crippen LogP contribution < -0.4 is 10.2 Å². The van der Waals surface area contributed by atoms with Crippen LogP contribution in [0.15, 0.2) is 10.9 Å². The second-order valence-corrected chi connectivity index (χ2v) is 3.28. The van der Waals surface area contributed by atoms with E-state index in [4.69, 9.17) is 0 Å². The zero-order valence-corrected chi connectivity index (χ0v) is 9.48. The average Bonchev–Trinajstić information content (AvgIpc) is 2.23. The molecule has 0 saturated carbocycles. The number of pyridine rings is 1. The molecule has 0 amide bonds. The van der Waals surface area contributed by atoms with E-state index in [1.54, 1.807) is 0 Å². The van der Waals surface area contributed by atoms with E-state index in [0.717, 1.165) is 0 Å². The van der Waals surface area contributed by atoms with Crippen LogP contribution in [0.2, 0.25) is 0 Å². The van der Waals surface area contributed by atoms with Crippen molar-refractivity contribution in [3.05, 3.63) is 27.5 Å². The molecule has 0 bridgehead atoms. The smallest absolute Gasteiger partial charge is 0.465 e. The Bertz CT molecular complexity index is 573. The van der Waals surface area contributed by atoms with Gasteiger partial charge < -0.3 is 14.5 Å². The lowest BCUT2D eigenvalue weighted by molar-refractivity contribution is -0.276. The Labute approximate surface area is 106 Å². The first kappa shape index (κ1) is 15.9. The Morgan fingerprint density at radius 3 is 2.15 bits per heavy atom. The van der Waals surface area contributed by atoms with Crippen LogP contribution in [0.5, 0.6) is 5.88 Å². The number of ether oxygens (including phenoxy) is 2. The van der Waals surface area contributed by atoms with Crippen molar-refractivity contribution in [1.82, 2.24) is 4.98 Å². The van der Waals surface area contributed by atoms with Gasteiger partial charge in [-0.05, 0) is 0 Å². The van der Waals surface area contributed by atoms with Crippen LogP contribution in [0, 0.1) is 0 Å². The van der Waals surface area contributed by atoms with E-state index in [-0.39, 0.29) is 6.07 Å². The molecule has 20 heavy (non-hydrogen) atoms. The molecule has 0 radical (unpaired) electrons. The minimum atomic E-state index is -5.31. The summed E-state index contributed by atoms with van der Waals surface area (Å²) in [6, 6.07) is 0.0645. The molecule has 0 fully saturated rings. The second kappa shape index (κ2) is 5.06. The number of carbonyl (C=O) groups excluding carboxylic acids is 1. The van der Waals surface area contributed by atoms with E-state index in [9.17, 15) is 35.9 Å². The molecule has 0 aromatic carbocycles. The molecule has 0 aliphatic carbocycles. The number of aromatic nitrogens is 1. The summed E-state index contributed by atoms with van der Waals surface area (Å²) in [5.74, 6) is -3.14. The maximum Gasteiger partial charge on any atom is 0.574 e. The lowest BCUT2D eigenvalue weighted by atomic mass is 10.2. The normalized spacial score (nSPS) is 12.2. The van der Waals surface area contributed by atoms with Gasteiger partial charge >= 0.3 is 18.5 Å². The monoisotopic (exact) mass is 305 g/mol. The minimum Gasteiger partial charge on any atom is -0.465 e. The van der Waals surface area contributed by atoms with Crippen LogP contribution in [0.25, 0.3) is 0 Å². The summed E-state index contributed by atoms with van der Waals surface area (Å²) in [4.78, 5) is 23.6. The van der Waals surface area contributed by atoms with Crippen molar-refractivity contribution in [3.63, 3.8) is 0 Å². The summed E-state index contributed by atoms with van der Waals surface area (Å²) in [7, 11) is 0.710. The summed E-state index contributed by atoms with van der Waals surface area (Å²) in [6.07, 6.45) is -10.6. The molecular weight excluding hydrogens is 300 g/mol. The van der Waals surface area contributed by atoms with Crippen LogP contribution in [0.4, 0.5) is 26.3 Å². The van der Waals surface area contributed by atoms with Crippen molar-refractivity contribution >= 4 is 5.97 Å². The lowest BCUT2D eigenvalue weighted by Gasteiger charge is -2.14. The van der Waals surface area contributed by atoms with Crippen LogP contribution in [-0.2, 0) is 10.9 Å². The zero-order chi connectivity index (χ0) is 15.7. The number of esters is 1. The number of carbonyl (C=O) groups is 1. The minimum absolute atomic E-state index is 0.0645. The fourth-order valence-corrected chi connectivity index (χ4v) is 1.23. The number of nitrogens with one attached hydrogen (secondary N) is 1. The summed E-state index contributed by atoms with van der Waals surface area (Å²) in [5.41, 5.74) is -5.08. The highest BCUT2D eigenvalue weighted by atomic mass is 19.4. The standard InChI is InChI=1S/C9H5F6NO4/c1-19-7(18)5-3(17)2-4(20-9(13,14)15)16-6(5)8(10,11)12/h2H,1H3,(H,16,17). The molecule has 1 aromatic heterocycles. The highest BCUT2D eigenvalue weighted by Crippen LogP contribution is 2.31. The third kappa shape index (κ3) is 3.65. The predicted octanol–water partition coefficient (Wildman–Crippen LogP) is 2.08. The summed E-state index contributed by atoms with van der Waals surface area (Å²) in [5, 5.41) is 0. The Hall–Kier alpha value is -2.20. The predicted molar refractivity (Wildman–Crippen MR) is 50.1 cm³/mol. The maximum absolute atomic E-state index is 12.6. The van der Waals surface area contributed by atoms with Gasteiger partial charge in [0.25, 0.3) is 0 Å². The van der Waals surface area contributed by atoms with Crippen LogP contribution >= 0.6 is 0 Å². The quantitative estimate of drug-likeness (QED) is 0.671. The van der Waals surface area contributed by atoms with E-state index >= 15 is 0 Å². The number of rotatable bonds is 2. The van der Waals surface area contributed by atoms with Crippen LogP contribution in [0.1, 0.15) is 16.1 Å². The van der Waals surface area contributed by atoms with Gasteiger partial charge in [0.15, 0.2) is 0 Å². The molecule has 0 atom stereocenters. The van der Waals surface area contributed by atoms with Gasteiger partial charge in [-0.1, -0.05) is 0 Å². The van der Waals surface area contributed by atoms with Gasteiger partial charge in [-0.2, -0.15) is 13.2 Å². The second-order valence-electron chi connectivity index (χ2n) is 3.28. The number of halogens is 6. The summed E-state index contributed by atoms with van der Waals surface area (Å²) in [6.45, 7) is 0. The molecule has 0 aliphatic heterocycles. The van der Waals surface area contributed by atoms with Gasteiger partial charge in [-0.25, -0.2) is 4.79 Å². The summed E-state index contributed by atoms with van der Waals surface area (Å²) < 4.78 is 80.7. The molecule has 0 aliphatic rings. The van der Waals surface area contributed by atoms with E-state index in [2.05, 4.69) is 9.47 Å². The van der Waals surface area contributed by atoms with Crippen molar-refractivity contribution in [2.75, 3.05) is 7.11 Å². The van der Waals surface area contributed by atoms with E-state index in [1.165, 1.54) is 4.98 Å². The van der Waals surface area contributed by atoms with Crippen molar-refractivity contribution in [2.24, 2.45) is 0 Å². The third-order valence-corrected chi connectivity index (χ3v) is 1.91. The van der Waals surface area contributed by atoms with E-state index in [1.807, 2.05) is 0 Å². The molecule has 1 aromatic rings. The number of H-pyrrole nitrogens is 1. The molecule has 5 nitrogen and oxygen atoms in total. The maximum atomic E-state index is 12.6. The number of hydrogen-bond acceptors (Lipinski definition) is 4. The largest absolute Gasteiger partial charge is 0.574 e. The number of alkyl halides is 6. The lowest BCUT2D eigenvalue weighted by Crippen LogP contribution is -2.27. The van der Waals surface area contributed by atoms with Crippen molar-refractivity contribution < 1.29 is 40.6 Å². The molecule has 1 heterocycles. The highest BCUT2D eigenvalue weighted by molar-refractivity contribution is 5.90. The Morgan fingerprint density at radius 1 is 1.20 bits per heavy atom. The first-order chi connectivity index (χ1) is 8.95. The van der Waals surface area contributed by atoms with E-state index in [0.29, 0.717) is 7.11 Å². The Balaban J connectivity index is 3.50. The molecule has 1 rings (SSSR count). The van der Waals surface area contributed by atoms with Crippen molar-refractivity contribution in [3.8, 4) is 5.88 Å². The van der Waals surface area contributed by atoms with Gasteiger partial charge in [-0.3, -0.25) is 4.79 Å². The van der Waals surface area contributed by atoms with Gasteiger partial charge in [0.05, 0.1) is 7.11 Å². The van der Waals surface area contributed by atoms with Gasteiger partial charge in [0.2, 0.25) is 11.3 Å². The fraction of sp³-hybridized carbons (Fsp3) is 0.333. The SMILES string of the molecule is COC(=O)c1c(C(F)(F)F)[nH]c(OC(F)(F)F)cc1=O. The molecular formula is C9H5F6NO4.